The highest BCUT2D eigenvalue weighted by Crippen LogP contribution is 2.45. The highest BCUT2D eigenvalue weighted by Gasteiger charge is 2.43. The molecule has 2 aliphatic rings. The third kappa shape index (κ3) is 1.29. The van der Waals surface area contributed by atoms with Gasteiger partial charge in [0.05, 0.1) is 0 Å². The molecule has 1 amide bonds. The molecule has 0 aromatic carbocycles. The van der Waals surface area contributed by atoms with Crippen LogP contribution in [0.25, 0.3) is 0 Å². The first-order chi connectivity index (χ1) is 6.52. The van der Waals surface area contributed by atoms with Crippen LogP contribution >= 0.6 is 0 Å². The number of allylic oxidation sites excluding steroid dienone is 4. The van der Waals surface area contributed by atoms with E-state index in [1.807, 2.05) is 11.0 Å². The molecule has 0 aromatic heterocycles. The molecule has 0 aromatic rings. The van der Waals surface area contributed by atoms with Crippen LogP contribution in [-0.4, -0.2) is 17.4 Å². The smallest absolute Gasteiger partial charge is 0.223 e. The highest BCUT2D eigenvalue weighted by atomic mass is 16.2. The maximum atomic E-state index is 11.4. The van der Waals surface area contributed by atoms with Crippen LogP contribution in [0.15, 0.2) is 17.8 Å². The van der Waals surface area contributed by atoms with Crippen molar-refractivity contribution in [2.45, 2.75) is 27.2 Å². The minimum atomic E-state index is 0.149. The first-order valence-electron chi connectivity index (χ1n) is 5.08. The fourth-order valence-electron chi connectivity index (χ4n) is 2.44. The monoisotopic (exact) mass is 190 g/mol. The largest absolute Gasteiger partial charge is 0.316 e. The third-order valence-electron chi connectivity index (χ3n) is 3.26. The van der Waals surface area contributed by atoms with E-state index in [9.17, 15) is 4.79 Å². The van der Waals surface area contributed by atoms with Gasteiger partial charge in [-0.2, -0.15) is 0 Å². The molecule has 2 heteroatoms. The normalized spacial score (nSPS) is 28.6. The van der Waals surface area contributed by atoms with Crippen molar-refractivity contribution < 1.29 is 4.79 Å². The molecule has 1 aliphatic heterocycles. The number of nitrogens with zero attached hydrogens (tertiary/aromatic N) is 1. The summed E-state index contributed by atoms with van der Waals surface area (Å²) in [6.45, 7) is 6.94. The van der Waals surface area contributed by atoms with E-state index in [1.165, 1.54) is 0 Å². The van der Waals surface area contributed by atoms with E-state index in [0.29, 0.717) is 5.92 Å². The van der Waals surface area contributed by atoms with E-state index in [0.717, 1.165) is 18.7 Å². The predicted octanol–water partition coefficient (Wildman–Crippen LogP) is 2.14. The number of likely N-dealkylation sites (tertiary alicyclic amines) is 1. The standard InChI is InChI=1S/C12H16NO/c1-9(14)13-8-12(2,3)10-6-4-5-7-11(10)13/h4,7,10H,6,8H2,1-3H3. The van der Waals surface area contributed by atoms with Gasteiger partial charge in [-0.25, -0.2) is 0 Å². The van der Waals surface area contributed by atoms with Crippen molar-refractivity contribution in [3.8, 4) is 0 Å². The Morgan fingerprint density at radius 2 is 2.36 bits per heavy atom. The van der Waals surface area contributed by atoms with E-state index < -0.39 is 0 Å². The fraction of sp³-hybridized carbons (Fsp3) is 0.583. The summed E-state index contributed by atoms with van der Waals surface area (Å²) in [5, 5.41) is 0. The Hall–Kier alpha value is -1.05. The summed E-state index contributed by atoms with van der Waals surface area (Å²) in [5.41, 5.74) is 1.36. The fourth-order valence-corrected chi connectivity index (χ4v) is 2.44. The zero-order chi connectivity index (χ0) is 10.3. The number of fused-ring (bicyclic) bond motifs is 1. The Kier molecular flexibility index (Phi) is 2.02. The first-order valence-corrected chi connectivity index (χ1v) is 5.08. The minimum absolute atomic E-state index is 0.149. The van der Waals surface area contributed by atoms with Gasteiger partial charge < -0.3 is 4.90 Å². The van der Waals surface area contributed by atoms with Gasteiger partial charge in [-0.05, 0) is 24.0 Å². The maximum absolute atomic E-state index is 11.4. The van der Waals surface area contributed by atoms with Gasteiger partial charge in [0.15, 0.2) is 0 Å². The summed E-state index contributed by atoms with van der Waals surface area (Å²) in [5.74, 6) is 0.642. The van der Waals surface area contributed by atoms with Gasteiger partial charge >= 0.3 is 0 Å². The Bertz CT molecular complexity index is 325. The van der Waals surface area contributed by atoms with Crippen molar-refractivity contribution in [3.05, 3.63) is 23.9 Å². The Morgan fingerprint density at radius 1 is 1.64 bits per heavy atom. The van der Waals surface area contributed by atoms with Crippen LogP contribution in [-0.2, 0) is 4.79 Å². The second-order valence-electron chi connectivity index (χ2n) is 4.82. The number of hydrogen-bond acceptors (Lipinski definition) is 1. The summed E-state index contributed by atoms with van der Waals surface area (Å²) >= 11 is 0. The number of carbonyl (C=O) groups excluding carboxylic acids is 1. The zero-order valence-corrected chi connectivity index (χ0v) is 9.00. The maximum Gasteiger partial charge on any atom is 0.223 e. The molecule has 1 saturated heterocycles. The summed E-state index contributed by atoms with van der Waals surface area (Å²) in [6.07, 6.45) is 8.15. The minimum Gasteiger partial charge on any atom is -0.316 e. The van der Waals surface area contributed by atoms with Crippen molar-refractivity contribution in [2.75, 3.05) is 6.54 Å². The van der Waals surface area contributed by atoms with Gasteiger partial charge in [0.25, 0.3) is 0 Å². The van der Waals surface area contributed by atoms with E-state index in [1.54, 1.807) is 6.92 Å². The van der Waals surface area contributed by atoms with Crippen LogP contribution in [0.3, 0.4) is 0 Å². The van der Waals surface area contributed by atoms with E-state index in [-0.39, 0.29) is 11.3 Å². The van der Waals surface area contributed by atoms with Crippen LogP contribution in [0.1, 0.15) is 27.2 Å². The number of amides is 1. The van der Waals surface area contributed by atoms with Gasteiger partial charge in [0, 0.05) is 25.1 Å². The topological polar surface area (TPSA) is 20.3 Å². The van der Waals surface area contributed by atoms with Gasteiger partial charge in [-0.1, -0.05) is 19.9 Å². The predicted molar refractivity (Wildman–Crippen MR) is 55.2 cm³/mol. The lowest BCUT2D eigenvalue weighted by Crippen LogP contribution is -2.27. The van der Waals surface area contributed by atoms with Gasteiger partial charge in [0.2, 0.25) is 5.91 Å². The Labute approximate surface area is 85.3 Å². The van der Waals surface area contributed by atoms with Gasteiger partial charge in [0.1, 0.15) is 0 Å². The molecular weight excluding hydrogens is 174 g/mol. The average Bonchev–Trinajstić information content (AvgIpc) is 2.40. The van der Waals surface area contributed by atoms with Crippen LogP contribution in [0.5, 0.6) is 0 Å². The number of hydrogen-bond donors (Lipinski definition) is 0. The first kappa shape index (κ1) is 9.50. The Morgan fingerprint density at radius 3 is 3.00 bits per heavy atom. The van der Waals surface area contributed by atoms with Crippen molar-refractivity contribution >= 4 is 5.91 Å². The van der Waals surface area contributed by atoms with Crippen LogP contribution < -0.4 is 0 Å². The van der Waals surface area contributed by atoms with Gasteiger partial charge in [-0.3, -0.25) is 4.79 Å². The molecule has 1 atom stereocenters. The van der Waals surface area contributed by atoms with Crippen LogP contribution in [0, 0.1) is 17.4 Å². The average molecular weight is 190 g/mol. The lowest BCUT2D eigenvalue weighted by molar-refractivity contribution is -0.126. The van der Waals surface area contributed by atoms with Crippen molar-refractivity contribution in [1.29, 1.82) is 0 Å². The zero-order valence-electron chi connectivity index (χ0n) is 9.00. The molecule has 1 unspecified atom stereocenters. The molecular formula is C12H16NO. The number of carbonyl (C=O) groups is 1. The van der Waals surface area contributed by atoms with E-state index in [4.69, 9.17) is 0 Å². The number of rotatable bonds is 0. The summed E-state index contributed by atoms with van der Waals surface area (Å²) in [6, 6.07) is 0. The lowest BCUT2D eigenvalue weighted by atomic mass is 9.77. The Balaban J connectivity index is 2.37. The molecule has 0 N–H and O–H groups in total. The summed E-state index contributed by atoms with van der Waals surface area (Å²) < 4.78 is 0. The molecule has 0 saturated carbocycles. The van der Waals surface area contributed by atoms with Crippen molar-refractivity contribution in [3.63, 3.8) is 0 Å². The van der Waals surface area contributed by atoms with Crippen molar-refractivity contribution in [2.24, 2.45) is 11.3 Å². The lowest BCUT2D eigenvalue weighted by Gasteiger charge is -2.25. The highest BCUT2D eigenvalue weighted by molar-refractivity contribution is 5.76. The molecule has 2 rings (SSSR count). The molecule has 14 heavy (non-hydrogen) atoms. The second-order valence-corrected chi connectivity index (χ2v) is 4.82. The molecule has 1 aliphatic carbocycles. The summed E-state index contributed by atoms with van der Waals surface area (Å²) in [4.78, 5) is 13.3. The molecule has 0 spiro atoms. The quantitative estimate of drug-likeness (QED) is 0.573. The molecule has 0 bridgehead atoms. The van der Waals surface area contributed by atoms with E-state index >= 15 is 0 Å². The van der Waals surface area contributed by atoms with Crippen LogP contribution in [0.2, 0.25) is 0 Å². The third-order valence-corrected chi connectivity index (χ3v) is 3.26. The SMILES string of the molecule is CC(=O)N1CC(C)(C)C2CC=[C]C=C21. The van der Waals surface area contributed by atoms with Gasteiger partial charge in [-0.15, -0.1) is 0 Å². The molecule has 1 fully saturated rings. The van der Waals surface area contributed by atoms with Crippen molar-refractivity contribution in [1.82, 2.24) is 4.90 Å². The molecule has 2 nitrogen and oxygen atoms in total. The molecule has 1 radical (unpaired) electrons. The molecule has 75 valence electrons. The van der Waals surface area contributed by atoms with Crippen LogP contribution in [0.4, 0.5) is 0 Å². The molecule has 1 heterocycles. The second kappa shape index (κ2) is 2.97. The van der Waals surface area contributed by atoms with E-state index in [2.05, 4.69) is 26.0 Å². The summed E-state index contributed by atoms with van der Waals surface area (Å²) in [7, 11) is 0.